The van der Waals surface area contributed by atoms with Crippen LogP contribution in [0.4, 0.5) is 26.3 Å². The van der Waals surface area contributed by atoms with Gasteiger partial charge in [-0.1, -0.05) is 95.9 Å². The number of carbonyl (C=O) groups is 6. The molecule has 4 N–H and O–H groups in total. The molecule has 2 aliphatic carbocycles. The Morgan fingerprint density at radius 3 is 1.64 bits per heavy atom. The van der Waals surface area contributed by atoms with Gasteiger partial charge in [0.15, 0.2) is 0 Å². The molecule has 7 atom stereocenters. The molecule has 0 radical (unpaired) electrons. The molecular weight excluding hydrogens is 1110 g/mol. The Morgan fingerprint density at radius 1 is 0.771 bits per heavy atom. The van der Waals surface area contributed by atoms with E-state index in [0.717, 1.165) is 56.3 Å². The van der Waals surface area contributed by atoms with Crippen molar-refractivity contribution in [2.24, 2.45) is 46.5 Å². The Kier molecular flexibility index (Phi) is 21.8. The average molecular weight is 1180 g/mol. The van der Waals surface area contributed by atoms with Crippen molar-refractivity contribution >= 4 is 68.8 Å². The molecule has 2 saturated carbocycles. The molecule has 18 nitrogen and oxygen atoms in total. The second kappa shape index (κ2) is 26.5. The monoisotopic (exact) mass is 1180 g/mol. The molecule has 2 saturated heterocycles. The number of likely N-dealkylation sites (tertiary alicyclic amines) is 2. The molecule has 6 amide bonds. The number of alkyl halides is 6. The van der Waals surface area contributed by atoms with E-state index >= 15 is 0 Å². The first kappa shape index (κ1) is 68.2. The van der Waals surface area contributed by atoms with Crippen molar-refractivity contribution in [2.45, 2.75) is 152 Å². The van der Waals surface area contributed by atoms with E-state index < -0.39 is 71.0 Å². The Bertz CT molecular complexity index is 3140. The van der Waals surface area contributed by atoms with Crippen molar-refractivity contribution in [3.8, 4) is 24.5 Å². The fraction of sp³-hybridized carbons (Fsp3) is 0.603. The summed E-state index contributed by atoms with van der Waals surface area (Å²) in [5.41, 5.74) is 3.38. The Hall–Kier alpha value is -7.33. The average Bonchev–Trinajstić information content (AvgIpc) is 3.99. The fourth-order valence-corrected chi connectivity index (χ4v) is 11.0. The van der Waals surface area contributed by atoms with Crippen LogP contribution >= 0.6 is 11.3 Å². The van der Waals surface area contributed by atoms with Crippen molar-refractivity contribution in [2.75, 3.05) is 26.2 Å². The van der Waals surface area contributed by atoms with Gasteiger partial charge in [-0.25, -0.2) is 0 Å². The number of aryl methyl sites for hydroxylation is 2. The lowest BCUT2D eigenvalue weighted by molar-refractivity contribution is -0.176. The zero-order chi connectivity index (χ0) is 63.1. The number of carbonyl (C=O) groups excluding carboxylic acids is 6. The van der Waals surface area contributed by atoms with E-state index in [9.17, 15) is 60.4 Å². The third-order valence-electron chi connectivity index (χ3n) is 15.6. The molecule has 2 aliphatic heterocycles. The van der Waals surface area contributed by atoms with Crippen LogP contribution in [0.1, 0.15) is 149 Å². The van der Waals surface area contributed by atoms with Crippen LogP contribution in [-0.4, -0.2) is 117 Å². The Balaban J connectivity index is 0.000000236. The molecule has 0 aromatic carbocycles. The summed E-state index contributed by atoms with van der Waals surface area (Å²) < 4.78 is 77.6. The number of nitriles is 2. The topological polar surface area (TPSA) is 248 Å². The minimum Gasteiger partial charge on any atom is -0.340 e. The molecule has 4 aromatic heterocycles. The summed E-state index contributed by atoms with van der Waals surface area (Å²) in [5, 5.41) is 35.2. The summed E-state index contributed by atoms with van der Waals surface area (Å²) in [6.07, 6.45) is 3.75. The van der Waals surface area contributed by atoms with E-state index in [-0.39, 0.29) is 16.7 Å². The number of aromatic nitrogens is 4. The Morgan fingerprint density at radius 2 is 1.24 bits per heavy atom. The van der Waals surface area contributed by atoms with Crippen LogP contribution in [0.15, 0.2) is 24.0 Å². The molecule has 4 aromatic rings. The molecule has 0 bridgehead atoms. The second-order valence-corrected chi connectivity index (χ2v) is 25.2. The first-order chi connectivity index (χ1) is 38.4. The van der Waals surface area contributed by atoms with Crippen LogP contribution < -0.4 is 21.3 Å². The number of amides is 6. The summed E-state index contributed by atoms with van der Waals surface area (Å²) in [6.45, 7) is 28.1. The van der Waals surface area contributed by atoms with Crippen LogP contribution in [0.3, 0.4) is 0 Å². The molecule has 4 fully saturated rings. The lowest BCUT2D eigenvalue weighted by Crippen LogP contribution is -2.57. The summed E-state index contributed by atoms with van der Waals surface area (Å²) in [4.78, 5) is 80.3. The van der Waals surface area contributed by atoms with Crippen molar-refractivity contribution < 1.29 is 55.1 Å². The molecular formula is C58H76F6N12O6S. The van der Waals surface area contributed by atoms with Gasteiger partial charge in [0, 0.05) is 84.4 Å². The standard InChI is InChI=1S/C15H23F3N2O2.C15H25F3N2O2.C13H13N5O.C13H9N3OS.C2H6/c1-13(2,3)10(19-12(22)15(16,17)18)11(21)20-6-8-9(7-20)14(8,4)5;1-9-7-20(8-14(9,5)6)11(21)10(13(2,3)4)19-12(22)15(16,17)18;1-18-11-6-15-5-9(10(4-14)16-7-19)12(11)13(17-18)8-2-3-8;1-3-9-6-18-13-8(2)15-5-10(12(9)13)11(4-14)16-7-17;1-2/h8-10H,6-7H2,1-5H3,(H,19,22);9-10H,7-8H2,1-6H3,(H,19,22);5-8,10H,2-3H2,1H3,(H,16,19);1,5-7,11H,2H3,(H,16,17);1-2H3/t8-,9+,10-;9-,10+;;;/m10.../s1. The number of fused-ring (bicyclic) bond motifs is 3. The minimum atomic E-state index is -5.00. The highest BCUT2D eigenvalue weighted by Gasteiger charge is 2.63. The zero-order valence-electron chi connectivity index (χ0n) is 49.6. The van der Waals surface area contributed by atoms with Gasteiger partial charge in [-0.15, -0.1) is 17.8 Å². The highest BCUT2D eigenvalue weighted by molar-refractivity contribution is 7.17. The molecule has 0 spiro atoms. The highest BCUT2D eigenvalue weighted by atomic mass is 32.1. The predicted molar refractivity (Wildman–Crippen MR) is 301 cm³/mol. The molecule has 6 heterocycles. The van der Waals surface area contributed by atoms with Gasteiger partial charge in [0.1, 0.15) is 24.2 Å². The van der Waals surface area contributed by atoms with Crippen molar-refractivity contribution in [3.05, 3.63) is 52.0 Å². The number of hydrogen-bond acceptors (Lipinski definition) is 12. The fourth-order valence-electron chi connectivity index (χ4n) is 10.0. The first-order valence-corrected chi connectivity index (χ1v) is 27.9. The number of terminal acetylenes is 1. The first-order valence-electron chi connectivity index (χ1n) is 27.1. The van der Waals surface area contributed by atoms with E-state index in [1.54, 1.807) is 74.6 Å². The zero-order valence-corrected chi connectivity index (χ0v) is 50.4. The van der Waals surface area contributed by atoms with Gasteiger partial charge >= 0.3 is 24.2 Å². The number of rotatable bonds is 11. The van der Waals surface area contributed by atoms with Gasteiger partial charge in [0.2, 0.25) is 24.6 Å². The van der Waals surface area contributed by atoms with Crippen LogP contribution in [0.25, 0.3) is 21.0 Å². The third-order valence-corrected chi connectivity index (χ3v) is 16.6. The summed E-state index contributed by atoms with van der Waals surface area (Å²) >= 11 is 1.49. The van der Waals surface area contributed by atoms with Gasteiger partial charge in [0.05, 0.1) is 39.9 Å². The third kappa shape index (κ3) is 16.1. The van der Waals surface area contributed by atoms with Crippen molar-refractivity contribution in [3.63, 3.8) is 0 Å². The van der Waals surface area contributed by atoms with E-state index in [4.69, 9.17) is 11.7 Å². The van der Waals surface area contributed by atoms with Gasteiger partial charge in [0.25, 0.3) is 0 Å². The van der Waals surface area contributed by atoms with Crippen LogP contribution in [-0.2, 0) is 35.8 Å². The van der Waals surface area contributed by atoms with E-state index in [1.807, 2.05) is 70.7 Å². The highest BCUT2D eigenvalue weighted by Crippen LogP contribution is 2.62. The Labute approximate surface area is 484 Å². The number of thiophene rings is 1. The molecule has 25 heteroatoms. The number of hydrogen-bond donors (Lipinski definition) is 4. The minimum absolute atomic E-state index is 0.0911. The summed E-state index contributed by atoms with van der Waals surface area (Å²) in [6, 6.07) is 0.308. The number of halogens is 6. The van der Waals surface area contributed by atoms with E-state index in [0.29, 0.717) is 62.3 Å². The predicted octanol–water partition coefficient (Wildman–Crippen LogP) is 8.86. The molecule has 8 rings (SSSR count). The van der Waals surface area contributed by atoms with Crippen molar-refractivity contribution in [1.29, 1.82) is 10.5 Å². The largest absolute Gasteiger partial charge is 0.471 e. The normalized spacial score (nSPS) is 19.9. The molecule has 83 heavy (non-hydrogen) atoms. The smallest absolute Gasteiger partial charge is 0.340 e. The molecule has 2 unspecified atom stereocenters. The maximum absolute atomic E-state index is 12.6. The lowest BCUT2D eigenvalue weighted by atomic mass is 9.83. The summed E-state index contributed by atoms with van der Waals surface area (Å²) in [7, 11) is 1.87. The van der Waals surface area contributed by atoms with Gasteiger partial charge in [-0.3, -0.25) is 43.4 Å². The lowest BCUT2D eigenvalue weighted by Gasteiger charge is -2.34. The number of piperidine rings is 1. The van der Waals surface area contributed by atoms with Gasteiger partial charge < -0.3 is 31.1 Å². The molecule has 4 aliphatic rings. The van der Waals surface area contributed by atoms with Crippen LogP contribution in [0.5, 0.6) is 0 Å². The number of pyridine rings is 2. The van der Waals surface area contributed by atoms with Gasteiger partial charge in [-0.2, -0.15) is 42.0 Å². The van der Waals surface area contributed by atoms with E-state index in [2.05, 4.69) is 51.5 Å². The maximum Gasteiger partial charge on any atom is 0.471 e. The number of nitrogens with zero attached hydrogens (tertiary/aromatic N) is 8. The van der Waals surface area contributed by atoms with Crippen LogP contribution in [0.2, 0.25) is 0 Å². The summed E-state index contributed by atoms with van der Waals surface area (Å²) in [5.74, 6) is -0.881. The SMILES string of the molecule is C#Cc1csc2c(C)ncc(C(C#N)NC=O)c12.CC.CC(C)(C)[C@H](NC(=O)C(F)(F)F)C(=O)N1C[C@@H]2[C@H](C1)C2(C)C.C[C@H]1CN(C(=O)[C@@H](NC(=O)C(F)(F)F)C(C)(C)C)CC1(C)C.Cn1nc(C2CC2)c2c(C(C#N)NC=O)cncc21. The molecule has 452 valence electrons. The quantitative estimate of drug-likeness (QED) is 0.0627. The van der Waals surface area contributed by atoms with Crippen molar-refractivity contribution in [1.82, 2.24) is 50.8 Å². The van der Waals surface area contributed by atoms with Crippen LogP contribution in [0, 0.1) is 81.3 Å². The number of nitrogens with one attached hydrogen (secondary N) is 4. The van der Waals surface area contributed by atoms with Gasteiger partial charge in [-0.05, 0) is 59.2 Å². The second-order valence-electron chi connectivity index (χ2n) is 24.3. The maximum atomic E-state index is 12.6. The van der Waals surface area contributed by atoms with E-state index in [1.165, 1.54) is 11.3 Å².